The molecule has 1 heterocycles. The van der Waals surface area contributed by atoms with Gasteiger partial charge in [-0.1, -0.05) is 0 Å². The van der Waals surface area contributed by atoms with Gasteiger partial charge in [0.15, 0.2) is 5.51 Å². The van der Waals surface area contributed by atoms with Gasteiger partial charge in [-0.25, -0.2) is 9.78 Å². The third kappa shape index (κ3) is 4.60. The van der Waals surface area contributed by atoms with Gasteiger partial charge in [-0.15, -0.1) is 11.3 Å². The van der Waals surface area contributed by atoms with Gasteiger partial charge in [0.05, 0.1) is 16.8 Å². The molecule has 1 amide bonds. The maximum atomic E-state index is 11.8. The van der Waals surface area contributed by atoms with Crippen molar-refractivity contribution in [1.82, 2.24) is 9.88 Å². The summed E-state index contributed by atoms with van der Waals surface area (Å²) in [5.41, 5.74) is 3.27. The van der Waals surface area contributed by atoms with Crippen molar-refractivity contribution in [2.75, 3.05) is 20.2 Å². The first kappa shape index (κ1) is 15.6. The van der Waals surface area contributed by atoms with Gasteiger partial charge in [-0.3, -0.25) is 0 Å². The maximum Gasteiger partial charge on any atom is 0.410 e. The van der Waals surface area contributed by atoms with E-state index in [2.05, 4.69) is 10.5 Å². The smallest absolute Gasteiger partial charge is 0.410 e. The number of rotatable bonds is 4. The van der Waals surface area contributed by atoms with Crippen molar-refractivity contribution in [2.45, 2.75) is 26.4 Å². The molecule has 1 radical (unpaired) electrons. The molecule has 21 heavy (non-hydrogen) atoms. The number of ether oxygens (including phenoxy) is 2. The van der Waals surface area contributed by atoms with Crippen molar-refractivity contribution in [1.29, 1.82) is 0 Å². The monoisotopic (exact) mass is 307 g/mol. The summed E-state index contributed by atoms with van der Waals surface area (Å²) in [5, 5.41) is 0. The van der Waals surface area contributed by atoms with Crippen molar-refractivity contribution in [3.8, 4) is 5.75 Å². The number of amides is 1. The molecular formula is C15H19N2O3S. The van der Waals surface area contributed by atoms with E-state index in [9.17, 15) is 4.79 Å². The van der Waals surface area contributed by atoms with E-state index in [0.717, 1.165) is 16.0 Å². The minimum atomic E-state index is -0.486. The number of hydrogen-bond donors (Lipinski definition) is 0. The fourth-order valence-electron chi connectivity index (χ4n) is 1.61. The quantitative estimate of drug-likeness (QED) is 0.869. The Morgan fingerprint density at radius 2 is 2.19 bits per heavy atom. The number of hydrogen-bond acceptors (Lipinski definition) is 5. The topological polar surface area (TPSA) is 51.7 Å². The summed E-state index contributed by atoms with van der Waals surface area (Å²) < 4.78 is 12.0. The van der Waals surface area contributed by atoms with Crippen LogP contribution in [0.5, 0.6) is 5.75 Å². The summed E-state index contributed by atoms with van der Waals surface area (Å²) in [5.74, 6) is 0.762. The lowest BCUT2D eigenvalue weighted by molar-refractivity contribution is 0.0278. The van der Waals surface area contributed by atoms with Crippen LogP contribution in [0.1, 0.15) is 20.8 Å². The van der Waals surface area contributed by atoms with Gasteiger partial charge >= 0.3 is 6.09 Å². The van der Waals surface area contributed by atoms with Crippen LogP contribution in [0.4, 0.5) is 4.79 Å². The fraction of sp³-hybridized carbons (Fsp3) is 0.467. The lowest BCUT2D eigenvalue weighted by atomic mass is 10.2. The number of thiazole rings is 1. The highest BCUT2D eigenvalue weighted by Crippen LogP contribution is 2.22. The van der Waals surface area contributed by atoms with Crippen LogP contribution in [0.25, 0.3) is 10.2 Å². The Balaban J connectivity index is 1.82. The molecule has 0 spiro atoms. The summed E-state index contributed by atoms with van der Waals surface area (Å²) >= 11 is 1.45. The fourth-order valence-corrected chi connectivity index (χ4v) is 2.25. The van der Waals surface area contributed by atoms with E-state index in [1.54, 1.807) is 7.05 Å². The molecule has 2 rings (SSSR count). The van der Waals surface area contributed by atoms with E-state index in [0.29, 0.717) is 13.2 Å². The molecule has 2 aromatic rings. The third-order valence-electron chi connectivity index (χ3n) is 2.65. The summed E-state index contributed by atoms with van der Waals surface area (Å²) in [6.07, 6.45) is -0.349. The number of fused-ring (bicyclic) bond motifs is 1. The molecule has 0 aliphatic rings. The number of carbonyl (C=O) groups is 1. The largest absolute Gasteiger partial charge is 0.492 e. The Morgan fingerprint density at radius 1 is 1.43 bits per heavy atom. The average Bonchev–Trinajstić information content (AvgIpc) is 2.84. The second kappa shape index (κ2) is 6.30. The van der Waals surface area contributed by atoms with Crippen LogP contribution >= 0.6 is 11.3 Å². The van der Waals surface area contributed by atoms with Crippen LogP contribution in [0.15, 0.2) is 18.2 Å². The Morgan fingerprint density at radius 3 is 2.90 bits per heavy atom. The zero-order valence-electron chi connectivity index (χ0n) is 12.7. The predicted molar refractivity (Wildman–Crippen MR) is 82.8 cm³/mol. The SMILES string of the molecule is CN(CCOc1ccc2n[c]sc2c1)C(=O)OC(C)(C)C. The van der Waals surface area contributed by atoms with Gasteiger partial charge in [0.25, 0.3) is 0 Å². The molecule has 0 atom stereocenters. The number of likely N-dealkylation sites (N-methyl/N-ethyl adjacent to an activating group) is 1. The van der Waals surface area contributed by atoms with E-state index in [4.69, 9.17) is 9.47 Å². The molecule has 1 aromatic carbocycles. The molecule has 1 aromatic heterocycles. The van der Waals surface area contributed by atoms with Crippen molar-refractivity contribution >= 4 is 27.6 Å². The predicted octanol–water partition coefficient (Wildman–Crippen LogP) is 3.34. The first-order valence-electron chi connectivity index (χ1n) is 6.69. The summed E-state index contributed by atoms with van der Waals surface area (Å²) in [6, 6.07) is 5.69. The van der Waals surface area contributed by atoms with Gasteiger partial charge in [0.1, 0.15) is 18.0 Å². The van der Waals surface area contributed by atoms with E-state index in [-0.39, 0.29) is 6.09 Å². The van der Waals surface area contributed by atoms with Gasteiger partial charge in [-0.2, -0.15) is 0 Å². The number of nitrogens with zero attached hydrogens (tertiary/aromatic N) is 2. The third-order valence-corrected chi connectivity index (χ3v) is 3.38. The molecule has 5 nitrogen and oxygen atoms in total. The Bertz CT molecular complexity index is 619. The minimum Gasteiger partial charge on any atom is -0.492 e. The number of aromatic nitrogens is 1. The number of benzene rings is 1. The van der Waals surface area contributed by atoms with Gasteiger partial charge in [-0.05, 0) is 39.0 Å². The van der Waals surface area contributed by atoms with Crippen LogP contribution in [-0.4, -0.2) is 41.8 Å². The van der Waals surface area contributed by atoms with Gasteiger partial charge in [0.2, 0.25) is 0 Å². The molecule has 0 aliphatic heterocycles. The van der Waals surface area contributed by atoms with Crippen molar-refractivity contribution in [3.63, 3.8) is 0 Å². The molecule has 113 valence electrons. The molecule has 0 N–H and O–H groups in total. The average molecular weight is 307 g/mol. The van der Waals surface area contributed by atoms with Gasteiger partial charge < -0.3 is 14.4 Å². The highest BCUT2D eigenvalue weighted by molar-refractivity contribution is 7.16. The van der Waals surface area contributed by atoms with Crippen molar-refractivity contribution in [2.24, 2.45) is 0 Å². The van der Waals surface area contributed by atoms with Crippen molar-refractivity contribution in [3.05, 3.63) is 23.7 Å². The molecular weight excluding hydrogens is 288 g/mol. The summed E-state index contributed by atoms with van der Waals surface area (Å²) in [6.45, 7) is 6.40. The van der Waals surface area contributed by atoms with Crippen LogP contribution in [0.3, 0.4) is 0 Å². The van der Waals surface area contributed by atoms with E-state index < -0.39 is 5.60 Å². The normalized spacial score (nSPS) is 11.4. The molecule has 0 saturated carbocycles. The molecule has 0 unspecified atom stereocenters. The lowest BCUT2D eigenvalue weighted by Gasteiger charge is -2.24. The highest BCUT2D eigenvalue weighted by Gasteiger charge is 2.19. The van der Waals surface area contributed by atoms with Gasteiger partial charge in [0, 0.05) is 7.05 Å². The molecule has 0 aliphatic carbocycles. The first-order valence-corrected chi connectivity index (χ1v) is 7.50. The highest BCUT2D eigenvalue weighted by atomic mass is 32.1. The van der Waals surface area contributed by atoms with E-state index in [1.165, 1.54) is 16.2 Å². The standard InChI is InChI=1S/C15H19N2O3S/c1-15(2,3)20-14(18)17(4)7-8-19-11-5-6-12-13(9-11)21-10-16-12/h5-6,9H,7-8H2,1-4H3. The van der Waals surface area contributed by atoms with Crippen LogP contribution < -0.4 is 4.74 Å². The van der Waals surface area contributed by atoms with E-state index >= 15 is 0 Å². The first-order chi connectivity index (χ1) is 9.85. The summed E-state index contributed by atoms with van der Waals surface area (Å²) in [4.78, 5) is 17.4. The zero-order chi connectivity index (χ0) is 15.5. The molecule has 0 saturated heterocycles. The lowest BCUT2D eigenvalue weighted by Crippen LogP contribution is -2.36. The Hall–Kier alpha value is -1.82. The number of carbonyl (C=O) groups excluding carboxylic acids is 1. The van der Waals surface area contributed by atoms with Crippen LogP contribution in [-0.2, 0) is 4.74 Å². The van der Waals surface area contributed by atoms with Crippen LogP contribution in [0, 0.1) is 5.51 Å². The van der Waals surface area contributed by atoms with Crippen molar-refractivity contribution < 1.29 is 14.3 Å². The van der Waals surface area contributed by atoms with Crippen LogP contribution in [0.2, 0.25) is 0 Å². The molecule has 6 heteroatoms. The van der Waals surface area contributed by atoms with E-state index in [1.807, 2.05) is 39.0 Å². The minimum absolute atomic E-state index is 0.349. The second-order valence-electron chi connectivity index (χ2n) is 5.69. The molecule has 0 bridgehead atoms. The zero-order valence-corrected chi connectivity index (χ0v) is 13.5. The Labute approximate surface area is 128 Å². The Kier molecular flexibility index (Phi) is 4.67. The summed E-state index contributed by atoms with van der Waals surface area (Å²) in [7, 11) is 1.69. The maximum absolute atomic E-state index is 11.8. The molecule has 0 fully saturated rings. The second-order valence-corrected chi connectivity index (χ2v) is 6.51.